The molecule has 1 aliphatic carbocycles. The first-order valence-electron chi connectivity index (χ1n) is 10.6. The average molecular weight is 507 g/mol. The number of carbonyl (C=O) groups is 1. The summed E-state index contributed by atoms with van der Waals surface area (Å²) in [5, 5.41) is 18.0. The number of nitrogens with one attached hydrogen (secondary N) is 2. The van der Waals surface area contributed by atoms with Gasteiger partial charge in [0.15, 0.2) is 5.13 Å². The molecule has 3 aromatic rings. The molecule has 12 heteroatoms. The van der Waals surface area contributed by atoms with Crippen LogP contribution in [-0.2, 0) is 14.8 Å². The van der Waals surface area contributed by atoms with Crippen LogP contribution in [0.4, 0.5) is 5.13 Å². The zero-order chi connectivity index (χ0) is 24.3. The van der Waals surface area contributed by atoms with Crippen molar-refractivity contribution in [3.05, 3.63) is 53.7 Å². The van der Waals surface area contributed by atoms with E-state index in [2.05, 4.69) is 15.6 Å². The molecule has 0 bridgehead atoms. The number of benzene rings is 1. The number of nitrogens with zero attached hydrogens (tertiary/aromatic N) is 2. The van der Waals surface area contributed by atoms with Crippen molar-refractivity contribution in [2.24, 2.45) is 0 Å². The van der Waals surface area contributed by atoms with Gasteiger partial charge in [-0.25, -0.2) is 13.4 Å². The van der Waals surface area contributed by atoms with Gasteiger partial charge in [0, 0.05) is 43.3 Å². The first-order chi connectivity index (χ1) is 16.2. The molecule has 0 radical (unpaired) electrons. The van der Waals surface area contributed by atoms with Crippen molar-refractivity contribution in [1.29, 1.82) is 0 Å². The fraction of sp³-hybridized carbons (Fsp3) is 0.364. The number of ether oxygens (including phenoxy) is 2. The highest BCUT2D eigenvalue weighted by Gasteiger charge is 2.30. The van der Waals surface area contributed by atoms with E-state index >= 15 is 0 Å². The number of carbonyl (C=O) groups excluding carboxylic acids is 1. The molecule has 182 valence electrons. The van der Waals surface area contributed by atoms with Crippen LogP contribution in [0.5, 0.6) is 5.75 Å². The third kappa shape index (κ3) is 5.95. The van der Waals surface area contributed by atoms with Crippen LogP contribution in [0, 0.1) is 0 Å². The molecule has 0 spiro atoms. The van der Waals surface area contributed by atoms with Crippen molar-refractivity contribution in [2.45, 2.75) is 31.3 Å². The fourth-order valence-corrected chi connectivity index (χ4v) is 4.76. The van der Waals surface area contributed by atoms with Crippen LogP contribution >= 0.6 is 11.3 Å². The summed E-state index contributed by atoms with van der Waals surface area (Å²) in [7, 11) is -1.76. The number of anilines is 1. The van der Waals surface area contributed by atoms with Gasteiger partial charge in [-0.15, -0.1) is 11.3 Å². The second-order valence-corrected chi connectivity index (χ2v) is 10.7. The van der Waals surface area contributed by atoms with Gasteiger partial charge in [0.1, 0.15) is 18.1 Å². The molecule has 1 aliphatic rings. The normalized spacial score (nSPS) is 18.7. The molecule has 1 aromatic carbocycles. The van der Waals surface area contributed by atoms with Crippen LogP contribution in [0.1, 0.15) is 23.2 Å². The molecule has 34 heavy (non-hydrogen) atoms. The quantitative estimate of drug-likeness (QED) is 0.357. The van der Waals surface area contributed by atoms with E-state index in [0.29, 0.717) is 5.13 Å². The lowest BCUT2D eigenvalue weighted by molar-refractivity contribution is -0.0380. The maximum absolute atomic E-state index is 12.2. The maximum atomic E-state index is 12.2. The van der Waals surface area contributed by atoms with Crippen molar-refractivity contribution in [3.8, 4) is 17.0 Å². The Morgan fingerprint density at radius 2 is 2.12 bits per heavy atom. The van der Waals surface area contributed by atoms with Gasteiger partial charge >= 0.3 is 0 Å². The molecular formula is C22H26N4O6S2. The number of hydrogen-bond donors (Lipinski definition) is 3. The van der Waals surface area contributed by atoms with E-state index in [9.17, 15) is 18.3 Å². The number of hydrogen-bond acceptors (Lipinski definition) is 9. The van der Waals surface area contributed by atoms with Crippen LogP contribution in [0.25, 0.3) is 11.3 Å². The first kappa shape index (κ1) is 24.2. The molecule has 2 heterocycles. The molecule has 1 saturated carbocycles. The van der Waals surface area contributed by atoms with Gasteiger partial charge in [0.25, 0.3) is 5.91 Å². The maximum Gasteiger partial charge on any atom is 0.253 e. The highest BCUT2D eigenvalue weighted by Crippen LogP contribution is 2.31. The standard InChI is InChI=1S/C22H26N4O6S2/c1-31-17-9-18(10-17)32-16-5-3-4-14(8-16)19-13-33-22(24-19)25-20(27)11-23-21(28)15-6-7-26(12-15)34(2,29)30/h3-8,12-13,17-18,20,27H,9-11H2,1-2H3,(H,23,28)(H,24,25)/t17-,18+,20?. The molecule has 1 unspecified atom stereocenters. The lowest BCUT2D eigenvalue weighted by atomic mass is 9.92. The van der Waals surface area contributed by atoms with Gasteiger partial charge in [-0.3, -0.25) is 8.77 Å². The SMILES string of the molecule is CO[C@H]1C[C@@H](Oc2cccc(-c3csc(NC(O)CNC(=O)c4ccn(S(C)(=O)=O)c4)n3)c2)C1. The van der Waals surface area contributed by atoms with E-state index in [1.165, 1.54) is 29.8 Å². The van der Waals surface area contributed by atoms with E-state index < -0.39 is 22.2 Å². The van der Waals surface area contributed by atoms with E-state index in [1.807, 2.05) is 29.6 Å². The molecule has 1 amide bonds. The second-order valence-electron chi connectivity index (χ2n) is 8.00. The van der Waals surface area contributed by atoms with Crippen molar-refractivity contribution >= 4 is 32.4 Å². The number of aromatic nitrogens is 2. The second kappa shape index (κ2) is 10.1. The van der Waals surface area contributed by atoms with Crippen LogP contribution < -0.4 is 15.4 Å². The Balaban J connectivity index is 1.29. The number of methoxy groups -OCH3 is 1. The van der Waals surface area contributed by atoms with Gasteiger partial charge in [-0.2, -0.15) is 0 Å². The van der Waals surface area contributed by atoms with E-state index in [4.69, 9.17) is 9.47 Å². The van der Waals surface area contributed by atoms with Gasteiger partial charge in [0.05, 0.1) is 30.2 Å². The van der Waals surface area contributed by atoms with Gasteiger partial charge in [0.2, 0.25) is 10.0 Å². The minimum absolute atomic E-state index is 0.0923. The minimum Gasteiger partial charge on any atom is -0.490 e. The molecular weight excluding hydrogens is 480 g/mol. The summed E-state index contributed by atoms with van der Waals surface area (Å²) in [6, 6.07) is 9.07. The number of aliphatic hydroxyl groups excluding tert-OH is 1. The Hall–Kier alpha value is -2.93. The summed E-state index contributed by atoms with van der Waals surface area (Å²) >= 11 is 1.33. The zero-order valence-electron chi connectivity index (χ0n) is 18.7. The topological polar surface area (TPSA) is 132 Å². The Kier molecular flexibility index (Phi) is 7.22. The molecule has 4 rings (SSSR count). The third-order valence-electron chi connectivity index (χ3n) is 5.38. The third-order valence-corrected chi connectivity index (χ3v) is 7.15. The summed E-state index contributed by atoms with van der Waals surface area (Å²) in [5.74, 6) is 0.273. The number of rotatable bonds is 10. The van der Waals surface area contributed by atoms with Crippen LogP contribution in [0.3, 0.4) is 0 Å². The minimum atomic E-state index is -3.46. The Morgan fingerprint density at radius 3 is 2.82 bits per heavy atom. The monoisotopic (exact) mass is 506 g/mol. The summed E-state index contributed by atoms with van der Waals surface area (Å²) < 4.78 is 35.3. The Morgan fingerprint density at radius 1 is 1.32 bits per heavy atom. The lowest BCUT2D eigenvalue weighted by Gasteiger charge is -2.34. The van der Waals surface area contributed by atoms with Crippen LogP contribution in [-0.4, -0.2) is 66.7 Å². The first-order valence-corrected chi connectivity index (χ1v) is 13.3. The number of amides is 1. The Bertz CT molecular complexity index is 1250. The highest BCUT2D eigenvalue weighted by molar-refractivity contribution is 7.89. The predicted octanol–water partition coefficient (Wildman–Crippen LogP) is 2.14. The van der Waals surface area contributed by atoms with E-state index in [1.54, 1.807) is 7.11 Å². The van der Waals surface area contributed by atoms with Crippen LogP contribution in [0.2, 0.25) is 0 Å². The van der Waals surface area contributed by atoms with Crippen molar-refractivity contribution in [1.82, 2.24) is 14.3 Å². The van der Waals surface area contributed by atoms with Crippen LogP contribution in [0.15, 0.2) is 48.1 Å². The van der Waals surface area contributed by atoms with Crippen molar-refractivity contribution < 1.29 is 27.8 Å². The number of thiazole rings is 1. The van der Waals surface area contributed by atoms with E-state index in [0.717, 1.165) is 40.1 Å². The molecule has 3 N–H and O–H groups in total. The summed E-state index contributed by atoms with van der Waals surface area (Å²) in [4.78, 5) is 16.7. The van der Waals surface area contributed by atoms with Crippen molar-refractivity contribution in [2.75, 3.05) is 25.2 Å². The Labute approximate surface area is 201 Å². The smallest absolute Gasteiger partial charge is 0.253 e. The molecule has 0 aliphatic heterocycles. The molecule has 2 aromatic heterocycles. The fourth-order valence-electron chi connectivity index (χ4n) is 3.40. The summed E-state index contributed by atoms with van der Waals surface area (Å²) in [6.45, 7) is -0.0923. The summed E-state index contributed by atoms with van der Waals surface area (Å²) in [5.41, 5.74) is 1.80. The average Bonchev–Trinajstić information content (AvgIpc) is 3.44. The van der Waals surface area contributed by atoms with Gasteiger partial charge in [-0.05, 0) is 18.2 Å². The molecule has 10 nitrogen and oxygen atoms in total. The number of aliphatic hydroxyl groups is 1. The van der Waals surface area contributed by atoms with E-state index in [-0.39, 0.29) is 24.3 Å². The summed E-state index contributed by atoms with van der Waals surface area (Å²) in [6.07, 6.45) is 4.65. The largest absolute Gasteiger partial charge is 0.490 e. The lowest BCUT2D eigenvalue weighted by Crippen LogP contribution is -2.38. The predicted molar refractivity (Wildman–Crippen MR) is 129 cm³/mol. The molecule has 1 fully saturated rings. The van der Waals surface area contributed by atoms with Gasteiger partial charge < -0.3 is 25.2 Å². The van der Waals surface area contributed by atoms with Crippen molar-refractivity contribution in [3.63, 3.8) is 0 Å². The molecule has 1 atom stereocenters. The highest BCUT2D eigenvalue weighted by atomic mass is 32.2. The molecule has 0 saturated heterocycles. The van der Waals surface area contributed by atoms with Gasteiger partial charge in [-0.1, -0.05) is 12.1 Å². The zero-order valence-corrected chi connectivity index (χ0v) is 20.3.